The summed E-state index contributed by atoms with van der Waals surface area (Å²) in [5.41, 5.74) is 5.07. The molecule has 0 amide bonds. The maximum atomic E-state index is 13.0. The summed E-state index contributed by atoms with van der Waals surface area (Å²) in [6.45, 7) is 1.28. The highest BCUT2D eigenvalue weighted by molar-refractivity contribution is 5.24. The number of alkyl halides is 3. The number of halogens is 3. The van der Waals surface area contributed by atoms with Gasteiger partial charge in [0.05, 0.1) is 5.69 Å². The van der Waals surface area contributed by atoms with Crippen molar-refractivity contribution >= 4 is 5.95 Å². The van der Waals surface area contributed by atoms with Gasteiger partial charge in [-0.3, -0.25) is 19.7 Å². The van der Waals surface area contributed by atoms with Crippen molar-refractivity contribution in [2.45, 2.75) is 25.1 Å². The molecule has 0 aromatic carbocycles. The van der Waals surface area contributed by atoms with Gasteiger partial charge in [-0.2, -0.15) is 13.2 Å². The SMILES string of the molecule is Nc1nc(C2CCN(Cc3cccnc3C(F)(F)F)C2)cc(=O)[nH]1. The van der Waals surface area contributed by atoms with E-state index in [9.17, 15) is 18.0 Å². The molecule has 3 N–H and O–H groups in total. The van der Waals surface area contributed by atoms with E-state index in [-0.39, 0.29) is 29.5 Å². The maximum Gasteiger partial charge on any atom is 0.433 e. The van der Waals surface area contributed by atoms with E-state index in [2.05, 4.69) is 15.0 Å². The molecule has 0 saturated carbocycles. The first-order valence-electron chi connectivity index (χ1n) is 7.43. The molecule has 0 aliphatic carbocycles. The molecule has 1 saturated heterocycles. The van der Waals surface area contributed by atoms with Gasteiger partial charge in [0, 0.05) is 31.3 Å². The number of rotatable bonds is 3. The Morgan fingerprint density at radius 3 is 2.92 bits per heavy atom. The summed E-state index contributed by atoms with van der Waals surface area (Å²) in [6.07, 6.45) is -2.63. The number of hydrogen-bond donors (Lipinski definition) is 2. The standard InChI is InChI=1S/C15H16F3N5O/c16-15(17,18)13-10(2-1-4-20-13)8-23-5-3-9(7-23)11-6-12(24)22-14(19)21-11/h1-2,4,6,9H,3,5,7-8H2,(H3,19,21,22,24). The number of nitrogens with two attached hydrogens (primary N) is 1. The number of nitrogens with one attached hydrogen (secondary N) is 1. The third kappa shape index (κ3) is 3.56. The number of aromatic nitrogens is 3. The molecule has 1 atom stereocenters. The summed E-state index contributed by atoms with van der Waals surface area (Å²) in [4.78, 5) is 23.3. The molecular formula is C15H16F3N5O. The Hall–Kier alpha value is -2.42. The molecule has 1 fully saturated rings. The molecule has 128 valence electrons. The number of likely N-dealkylation sites (tertiary alicyclic amines) is 1. The molecule has 1 unspecified atom stereocenters. The van der Waals surface area contributed by atoms with Gasteiger partial charge in [-0.15, -0.1) is 0 Å². The highest BCUT2D eigenvalue weighted by Gasteiger charge is 2.36. The Bertz CT molecular complexity index is 789. The number of aromatic amines is 1. The van der Waals surface area contributed by atoms with Crippen molar-refractivity contribution < 1.29 is 13.2 Å². The molecule has 6 nitrogen and oxygen atoms in total. The molecule has 9 heteroatoms. The first-order valence-corrected chi connectivity index (χ1v) is 7.43. The lowest BCUT2D eigenvalue weighted by Crippen LogP contribution is -2.23. The van der Waals surface area contributed by atoms with Crippen LogP contribution in [0.3, 0.4) is 0 Å². The molecule has 2 aromatic heterocycles. The lowest BCUT2D eigenvalue weighted by atomic mass is 10.1. The van der Waals surface area contributed by atoms with Gasteiger partial charge in [0.1, 0.15) is 5.69 Å². The molecule has 0 radical (unpaired) electrons. The molecule has 1 aliphatic heterocycles. The van der Waals surface area contributed by atoms with Crippen molar-refractivity contribution in [3.05, 3.63) is 51.7 Å². The topological polar surface area (TPSA) is 87.9 Å². The Balaban J connectivity index is 1.74. The van der Waals surface area contributed by atoms with Crippen molar-refractivity contribution in [3.63, 3.8) is 0 Å². The van der Waals surface area contributed by atoms with Crippen LogP contribution in [-0.2, 0) is 12.7 Å². The number of H-pyrrole nitrogens is 1. The number of nitrogen functional groups attached to an aromatic ring is 1. The quantitative estimate of drug-likeness (QED) is 0.890. The molecule has 0 bridgehead atoms. The zero-order valence-corrected chi connectivity index (χ0v) is 12.7. The van der Waals surface area contributed by atoms with E-state index in [0.717, 1.165) is 6.20 Å². The van der Waals surface area contributed by atoms with Crippen LogP contribution >= 0.6 is 0 Å². The Labute approximate surface area is 135 Å². The molecular weight excluding hydrogens is 323 g/mol. The van der Waals surface area contributed by atoms with Gasteiger partial charge in [0.2, 0.25) is 5.95 Å². The Kier molecular flexibility index (Phi) is 4.27. The number of anilines is 1. The van der Waals surface area contributed by atoms with E-state index >= 15 is 0 Å². The fraction of sp³-hybridized carbons (Fsp3) is 0.400. The Morgan fingerprint density at radius 2 is 2.21 bits per heavy atom. The number of hydrogen-bond acceptors (Lipinski definition) is 5. The lowest BCUT2D eigenvalue weighted by Gasteiger charge is -2.18. The van der Waals surface area contributed by atoms with Crippen LogP contribution in [0.2, 0.25) is 0 Å². The van der Waals surface area contributed by atoms with Crippen LogP contribution in [0.25, 0.3) is 0 Å². The van der Waals surface area contributed by atoms with Crippen molar-refractivity contribution in [1.82, 2.24) is 19.9 Å². The zero-order chi connectivity index (χ0) is 17.3. The van der Waals surface area contributed by atoms with Crippen molar-refractivity contribution in [1.29, 1.82) is 0 Å². The third-order valence-electron chi connectivity index (χ3n) is 4.02. The van der Waals surface area contributed by atoms with Crippen LogP contribution in [-0.4, -0.2) is 32.9 Å². The summed E-state index contributed by atoms with van der Waals surface area (Å²) in [7, 11) is 0. The maximum absolute atomic E-state index is 13.0. The third-order valence-corrected chi connectivity index (χ3v) is 4.02. The predicted molar refractivity (Wildman–Crippen MR) is 81.1 cm³/mol. The second-order valence-corrected chi connectivity index (χ2v) is 5.79. The molecule has 3 heterocycles. The van der Waals surface area contributed by atoms with Gasteiger partial charge in [-0.25, -0.2) is 4.98 Å². The van der Waals surface area contributed by atoms with Gasteiger partial charge in [0.15, 0.2) is 0 Å². The van der Waals surface area contributed by atoms with E-state index < -0.39 is 11.9 Å². The molecule has 2 aromatic rings. The fourth-order valence-electron chi connectivity index (χ4n) is 2.99. The van der Waals surface area contributed by atoms with Gasteiger partial charge in [0.25, 0.3) is 5.56 Å². The summed E-state index contributed by atoms with van der Waals surface area (Å²) in [6, 6.07) is 4.32. The fourth-order valence-corrected chi connectivity index (χ4v) is 2.99. The minimum atomic E-state index is -4.47. The minimum absolute atomic E-state index is 0.0272. The van der Waals surface area contributed by atoms with Crippen LogP contribution in [0, 0.1) is 0 Å². The number of nitrogens with zero attached hydrogens (tertiary/aromatic N) is 3. The van der Waals surface area contributed by atoms with Crippen LogP contribution in [0.4, 0.5) is 19.1 Å². The lowest BCUT2D eigenvalue weighted by molar-refractivity contribution is -0.142. The molecule has 1 aliphatic rings. The summed E-state index contributed by atoms with van der Waals surface area (Å²) in [5, 5.41) is 0. The second-order valence-electron chi connectivity index (χ2n) is 5.79. The van der Waals surface area contributed by atoms with Crippen LogP contribution < -0.4 is 11.3 Å². The van der Waals surface area contributed by atoms with Gasteiger partial charge in [-0.05, 0) is 24.6 Å². The highest BCUT2D eigenvalue weighted by Crippen LogP contribution is 2.32. The first-order chi connectivity index (χ1) is 11.3. The van der Waals surface area contributed by atoms with Crippen molar-refractivity contribution in [2.24, 2.45) is 0 Å². The average molecular weight is 339 g/mol. The van der Waals surface area contributed by atoms with Gasteiger partial charge >= 0.3 is 6.18 Å². The van der Waals surface area contributed by atoms with E-state index in [0.29, 0.717) is 25.2 Å². The number of pyridine rings is 1. The zero-order valence-electron chi connectivity index (χ0n) is 12.7. The first kappa shape index (κ1) is 16.4. The van der Waals surface area contributed by atoms with Crippen molar-refractivity contribution in [2.75, 3.05) is 18.8 Å². The molecule has 24 heavy (non-hydrogen) atoms. The van der Waals surface area contributed by atoms with E-state index in [1.807, 2.05) is 4.90 Å². The summed E-state index contributed by atoms with van der Waals surface area (Å²) in [5.74, 6) is 0.0168. The largest absolute Gasteiger partial charge is 0.433 e. The van der Waals surface area contributed by atoms with Crippen LogP contribution in [0.15, 0.2) is 29.2 Å². The van der Waals surface area contributed by atoms with E-state index in [4.69, 9.17) is 5.73 Å². The summed E-state index contributed by atoms with van der Waals surface area (Å²) >= 11 is 0. The predicted octanol–water partition coefficient (Wildman–Crippen LogP) is 1.76. The van der Waals surface area contributed by atoms with Gasteiger partial charge in [-0.1, -0.05) is 6.07 Å². The monoisotopic (exact) mass is 339 g/mol. The van der Waals surface area contributed by atoms with Crippen molar-refractivity contribution in [3.8, 4) is 0 Å². The second kappa shape index (κ2) is 6.23. The minimum Gasteiger partial charge on any atom is -0.369 e. The average Bonchev–Trinajstić information content (AvgIpc) is 2.94. The summed E-state index contributed by atoms with van der Waals surface area (Å²) < 4.78 is 39.0. The smallest absolute Gasteiger partial charge is 0.369 e. The highest BCUT2D eigenvalue weighted by atomic mass is 19.4. The van der Waals surface area contributed by atoms with E-state index in [1.165, 1.54) is 18.2 Å². The van der Waals surface area contributed by atoms with E-state index in [1.54, 1.807) is 0 Å². The molecule has 0 spiro atoms. The normalized spacial score (nSPS) is 18.9. The van der Waals surface area contributed by atoms with Crippen LogP contribution in [0.1, 0.15) is 29.3 Å². The molecule has 3 rings (SSSR count). The Morgan fingerprint density at radius 1 is 1.42 bits per heavy atom. The van der Waals surface area contributed by atoms with Crippen LogP contribution in [0.5, 0.6) is 0 Å². The van der Waals surface area contributed by atoms with Gasteiger partial charge < -0.3 is 5.73 Å².